The predicted octanol–water partition coefficient (Wildman–Crippen LogP) is 3.79. The maximum absolute atomic E-state index is 12.6. The smallest absolute Gasteiger partial charge is 0.203 e. The zero-order valence-electron chi connectivity index (χ0n) is 15.4. The van der Waals surface area contributed by atoms with Gasteiger partial charge in [-0.3, -0.25) is 4.79 Å². The van der Waals surface area contributed by atoms with Gasteiger partial charge in [-0.2, -0.15) is 5.10 Å². The van der Waals surface area contributed by atoms with Gasteiger partial charge in [0.2, 0.25) is 5.75 Å². The lowest BCUT2D eigenvalue weighted by Crippen LogP contribution is -2.00. The quantitative estimate of drug-likeness (QED) is 0.471. The van der Waals surface area contributed by atoms with E-state index in [0.717, 1.165) is 11.3 Å². The van der Waals surface area contributed by atoms with Crippen LogP contribution in [-0.4, -0.2) is 36.9 Å². The van der Waals surface area contributed by atoms with Gasteiger partial charge in [0.25, 0.3) is 0 Å². The third-order valence-electron chi connectivity index (χ3n) is 4.00. The molecule has 0 unspecified atom stereocenters. The zero-order valence-corrected chi connectivity index (χ0v) is 15.4. The summed E-state index contributed by atoms with van der Waals surface area (Å²) < 4.78 is 17.6. The van der Waals surface area contributed by atoms with Gasteiger partial charge < -0.3 is 14.2 Å². The average molecular weight is 364 g/mol. The number of ether oxygens (including phenoxy) is 3. The first-order chi connectivity index (χ1) is 13.2. The third kappa shape index (κ3) is 4.00. The molecule has 0 bridgehead atoms. The highest BCUT2D eigenvalue weighted by atomic mass is 16.5. The van der Waals surface area contributed by atoms with Crippen molar-refractivity contribution in [3.05, 3.63) is 72.1 Å². The topological polar surface area (TPSA) is 62.6 Å². The third-order valence-corrected chi connectivity index (χ3v) is 4.00. The first-order valence-corrected chi connectivity index (χ1v) is 8.28. The summed E-state index contributed by atoms with van der Waals surface area (Å²) in [5.74, 6) is 1.14. The Morgan fingerprint density at radius 2 is 1.67 bits per heavy atom. The molecule has 27 heavy (non-hydrogen) atoms. The molecular weight excluding hydrogens is 344 g/mol. The predicted molar refractivity (Wildman–Crippen MR) is 103 cm³/mol. The van der Waals surface area contributed by atoms with Crippen LogP contribution in [0.25, 0.3) is 11.8 Å². The number of nitrogens with zero attached hydrogens (tertiary/aromatic N) is 2. The van der Waals surface area contributed by atoms with Crippen molar-refractivity contribution < 1.29 is 19.0 Å². The molecule has 0 fully saturated rings. The number of benzene rings is 2. The van der Waals surface area contributed by atoms with E-state index >= 15 is 0 Å². The van der Waals surface area contributed by atoms with E-state index in [9.17, 15) is 4.79 Å². The summed E-state index contributed by atoms with van der Waals surface area (Å²) in [6, 6.07) is 13.0. The van der Waals surface area contributed by atoms with Crippen LogP contribution in [0.1, 0.15) is 15.9 Å². The van der Waals surface area contributed by atoms with Gasteiger partial charge in [-0.25, -0.2) is 4.68 Å². The Morgan fingerprint density at radius 3 is 2.26 bits per heavy atom. The molecule has 0 atom stereocenters. The summed E-state index contributed by atoms with van der Waals surface area (Å²) in [7, 11) is 4.55. The maximum atomic E-state index is 12.6. The molecule has 138 valence electrons. The molecule has 0 amide bonds. The minimum atomic E-state index is -0.179. The normalized spacial score (nSPS) is 10.8. The Bertz CT molecular complexity index is 936. The lowest BCUT2D eigenvalue weighted by Gasteiger charge is -2.13. The SMILES string of the molecule is COc1cc(C(=O)/C=C/c2cnn(-c3ccccc3)c2)cc(OC)c1OC. The van der Waals surface area contributed by atoms with Crippen molar-refractivity contribution in [3.63, 3.8) is 0 Å². The molecule has 1 heterocycles. The number of para-hydroxylation sites is 1. The Kier molecular flexibility index (Phi) is 5.56. The van der Waals surface area contributed by atoms with Gasteiger partial charge in [0.05, 0.1) is 33.2 Å². The molecule has 0 aliphatic carbocycles. The highest BCUT2D eigenvalue weighted by Crippen LogP contribution is 2.38. The zero-order chi connectivity index (χ0) is 19.2. The molecule has 2 aromatic carbocycles. The molecule has 0 aliphatic heterocycles. The molecule has 6 nitrogen and oxygen atoms in total. The number of hydrogen-bond donors (Lipinski definition) is 0. The van der Waals surface area contributed by atoms with E-state index in [1.807, 2.05) is 36.5 Å². The van der Waals surface area contributed by atoms with Crippen molar-refractivity contribution in [2.45, 2.75) is 0 Å². The maximum Gasteiger partial charge on any atom is 0.203 e. The highest BCUT2D eigenvalue weighted by molar-refractivity contribution is 6.07. The summed E-state index contributed by atoms with van der Waals surface area (Å²) in [4.78, 5) is 12.6. The molecule has 0 saturated carbocycles. The van der Waals surface area contributed by atoms with E-state index in [2.05, 4.69) is 5.10 Å². The number of carbonyl (C=O) groups is 1. The molecule has 3 aromatic rings. The van der Waals surface area contributed by atoms with Crippen molar-refractivity contribution >= 4 is 11.9 Å². The van der Waals surface area contributed by atoms with Gasteiger partial charge in [-0.05, 0) is 36.4 Å². The lowest BCUT2D eigenvalue weighted by atomic mass is 10.1. The number of allylic oxidation sites excluding steroid dienone is 1. The molecule has 0 aliphatic rings. The van der Waals surface area contributed by atoms with Crippen molar-refractivity contribution in [2.75, 3.05) is 21.3 Å². The van der Waals surface area contributed by atoms with E-state index in [1.54, 1.807) is 29.1 Å². The second kappa shape index (κ2) is 8.23. The standard InChI is InChI=1S/C21H20N2O4/c1-25-19-11-16(12-20(26-2)21(19)27-3)18(24)10-9-15-13-22-23(14-15)17-7-5-4-6-8-17/h4-14H,1-3H3/b10-9+. The van der Waals surface area contributed by atoms with Crippen molar-refractivity contribution in [1.29, 1.82) is 0 Å². The monoisotopic (exact) mass is 364 g/mol. The van der Waals surface area contributed by atoms with Gasteiger partial charge in [-0.15, -0.1) is 0 Å². The summed E-state index contributed by atoms with van der Waals surface area (Å²) in [6.07, 6.45) is 6.77. The molecule has 0 spiro atoms. The van der Waals surface area contributed by atoms with E-state index in [0.29, 0.717) is 22.8 Å². The van der Waals surface area contributed by atoms with E-state index in [1.165, 1.54) is 27.4 Å². The van der Waals surface area contributed by atoms with Crippen LogP contribution >= 0.6 is 0 Å². The number of aromatic nitrogens is 2. The number of carbonyl (C=O) groups excluding carboxylic acids is 1. The van der Waals surface area contributed by atoms with Crippen molar-refractivity contribution in [1.82, 2.24) is 9.78 Å². The van der Waals surface area contributed by atoms with Crippen LogP contribution in [0.15, 0.2) is 60.9 Å². The van der Waals surface area contributed by atoms with Crippen LogP contribution in [-0.2, 0) is 0 Å². The molecule has 0 radical (unpaired) electrons. The number of rotatable bonds is 7. The minimum Gasteiger partial charge on any atom is -0.493 e. The van der Waals surface area contributed by atoms with E-state index in [4.69, 9.17) is 14.2 Å². The van der Waals surface area contributed by atoms with Gasteiger partial charge in [0.1, 0.15) is 0 Å². The summed E-state index contributed by atoms with van der Waals surface area (Å²) >= 11 is 0. The van der Waals surface area contributed by atoms with Crippen LogP contribution in [0, 0.1) is 0 Å². The fraction of sp³-hybridized carbons (Fsp3) is 0.143. The number of ketones is 1. The average Bonchev–Trinajstić information content (AvgIpc) is 3.20. The van der Waals surface area contributed by atoms with Gasteiger partial charge >= 0.3 is 0 Å². The number of hydrogen-bond acceptors (Lipinski definition) is 5. The lowest BCUT2D eigenvalue weighted by molar-refractivity contribution is 0.104. The second-order valence-corrected chi connectivity index (χ2v) is 5.67. The fourth-order valence-electron chi connectivity index (χ4n) is 2.64. The Labute approximate surface area is 157 Å². The highest BCUT2D eigenvalue weighted by Gasteiger charge is 2.15. The molecule has 1 aromatic heterocycles. The van der Waals surface area contributed by atoms with Crippen LogP contribution in [0.4, 0.5) is 0 Å². The summed E-state index contributed by atoms with van der Waals surface area (Å²) in [5, 5.41) is 4.31. The molecule has 0 N–H and O–H groups in total. The first kappa shape index (κ1) is 18.3. The summed E-state index contributed by atoms with van der Waals surface area (Å²) in [5.41, 5.74) is 2.21. The van der Waals surface area contributed by atoms with Gasteiger partial charge in [0, 0.05) is 17.3 Å². The molecule has 0 saturated heterocycles. The van der Waals surface area contributed by atoms with E-state index < -0.39 is 0 Å². The van der Waals surface area contributed by atoms with Gasteiger partial charge in [-0.1, -0.05) is 18.2 Å². The molecule has 3 rings (SSSR count). The minimum absolute atomic E-state index is 0.179. The van der Waals surface area contributed by atoms with Crippen molar-refractivity contribution in [2.24, 2.45) is 0 Å². The Hall–Kier alpha value is -3.54. The van der Waals surface area contributed by atoms with Crippen LogP contribution in [0.5, 0.6) is 17.2 Å². The summed E-state index contributed by atoms with van der Waals surface area (Å²) in [6.45, 7) is 0. The van der Waals surface area contributed by atoms with Crippen LogP contribution in [0.3, 0.4) is 0 Å². The Morgan fingerprint density at radius 1 is 1.00 bits per heavy atom. The molecular formula is C21H20N2O4. The molecule has 6 heteroatoms. The second-order valence-electron chi connectivity index (χ2n) is 5.67. The fourth-order valence-corrected chi connectivity index (χ4v) is 2.64. The van der Waals surface area contributed by atoms with Crippen LogP contribution in [0.2, 0.25) is 0 Å². The Balaban J connectivity index is 1.82. The van der Waals surface area contributed by atoms with Gasteiger partial charge in [0.15, 0.2) is 17.3 Å². The number of methoxy groups -OCH3 is 3. The van der Waals surface area contributed by atoms with Crippen molar-refractivity contribution in [3.8, 4) is 22.9 Å². The van der Waals surface area contributed by atoms with Crippen LogP contribution < -0.4 is 14.2 Å². The first-order valence-electron chi connectivity index (χ1n) is 8.28. The largest absolute Gasteiger partial charge is 0.493 e. The van der Waals surface area contributed by atoms with E-state index in [-0.39, 0.29) is 5.78 Å².